The van der Waals surface area contributed by atoms with Crippen LogP contribution >= 0.6 is 11.3 Å². The van der Waals surface area contributed by atoms with Gasteiger partial charge in [0, 0.05) is 10.9 Å². The highest BCUT2D eigenvalue weighted by molar-refractivity contribution is 7.07. The number of hydrogen-bond acceptors (Lipinski definition) is 6. The van der Waals surface area contributed by atoms with Gasteiger partial charge in [0.1, 0.15) is 11.5 Å². The molecule has 0 saturated heterocycles. The zero-order valence-electron chi connectivity index (χ0n) is 10.2. The van der Waals surface area contributed by atoms with Gasteiger partial charge in [-0.15, -0.1) is 11.3 Å². The summed E-state index contributed by atoms with van der Waals surface area (Å²) in [4.78, 5) is 4.27. The van der Waals surface area contributed by atoms with E-state index in [-0.39, 0.29) is 6.04 Å². The van der Waals surface area contributed by atoms with Crippen molar-refractivity contribution in [2.24, 2.45) is 5.84 Å². The number of nitrogens with two attached hydrogens (primary N) is 1. The number of benzene rings is 1. The maximum Gasteiger partial charge on any atom is 0.124 e. The molecule has 1 atom stereocenters. The third-order valence-corrected chi connectivity index (χ3v) is 3.27. The van der Waals surface area contributed by atoms with Crippen LogP contribution in [0.5, 0.6) is 11.5 Å². The van der Waals surface area contributed by atoms with E-state index in [1.165, 1.54) is 11.3 Å². The van der Waals surface area contributed by atoms with Crippen molar-refractivity contribution in [1.82, 2.24) is 10.4 Å². The second kappa shape index (κ2) is 5.81. The van der Waals surface area contributed by atoms with Gasteiger partial charge in [0.2, 0.25) is 0 Å². The average molecular weight is 265 g/mol. The lowest BCUT2D eigenvalue weighted by molar-refractivity contribution is 0.393. The van der Waals surface area contributed by atoms with Crippen molar-refractivity contribution in [2.75, 3.05) is 14.2 Å². The van der Waals surface area contributed by atoms with E-state index in [4.69, 9.17) is 15.3 Å². The standard InChI is InChI=1S/C12H15N3O2S/c1-16-8-3-4-11(17-2)9(5-8)12(15-13)10-6-18-7-14-10/h3-7,12,15H,13H2,1-2H3. The highest BCUT2D eigenvalue weighted by Crippen LogP contribution is 2.32. The molecule has 2 rings (SSSR count). The van der Waals surface area contributed by atoms with Crippen molar-refractivity contribution in [3.63, 3.8) is 0 Å². The lowest BCUT2D eigenvalue weighted by atomic mass is 10.0. The number of hydrogen-bond donors (Lipinski definition) is 2. The molecule has 1 unspecified atom stereocenters. The number of nitrogens with zero attached hydrogens (tertiary/aromatic N) is 1. The second-order valence-corrected chi connectivity index (χ2v) is 4.34. The van der Waals surface area contributed by atoms with Crippen molar-refractivity contribution >= 4 is 11.3 Å². The summed E-state index contributed by atoms with van der Waals surface area (Å²) >= 11 is 1.52. The van der Waals surface area contributed by atoms with Crippen LogP contribution in [0.25, 0.3) is 0 Å². The van der Waals surface area contributed by atoms with E-state index in [0.717, 1.165) is 22.8 Å². The first-order chi connectivity index (χ1) is 8.80. The van der Waals surface area contributed by atoms with Gasteiger partial charge in [-0.3, -0.25) is 5.84 Å². The Morgan fingerprint density at radius 3 is 2.72 bits per heavy atom. The van der Waals surface area contributed by atoms with Crippen LogP contribution < -0.4 is 20.7 Å². The Kier molecular flexibility index (Phi) is 4.14. The quantitative estimate of drug-likeness (QED) is 0.636. The normalized spacial score (nSPS) is 12.2. The number of aromatic nitrogens is 1. The van der Waals surface area contributed by atoms with E-state index >= 15 is 0 Å². The molecule has 18 heavy (non-hydrogen) atoms. The molecule has 2 aromatic rings. The summed E-state index contributed by atoms with van der Waals surface area (Å²) in [5.41, 5.74) is 6.27. The number of nitrogens with one attached hydrogen (secondary N) is 1. The molecule has 0 radical (unpaired) electrons. The molecule has 96 valence electrons. The summed E-state index contributed by atoms with van der Waals surface area (Å²) in [6.07, 6.45) is 0. The van der Waals surface area contributed by atoms with Gasteiger partial charge >= 0.3 is 0 Å². The van der Waals surface area contributed by atoms with Crippen LogP contribution in [0.2, 0.25) is 0 Å². The maximum atomic E-state index is 5.63. The summed E-state index contributed by atoms with van der Waals surface area (Å²) in [5, 5.41) is 1.95. The SMILES string of the molecule is COc1ccc(OC)c(C(NN)c2cscn2)c1. The summed E-state index contributed by atoms with van der Waals surface area (Å²) in [6, 6.07) is 5.37. The molecule has 5 nitrogen and oxygen atoms in total. The van der Waals surface area contributed by atoms with Crippen LogP contribution in [0.1, 0.15) is 17.3 Å². The van der Waals surface area contributed by atoms with Crippen LogP contribution in [0.4, 0.5) is 0 Å². The first-order valence-electron chi connectivity index (χ1n) is 5.36. The van der Waals surface area contributed by atoms with E-state index in [1.807, 2.05) is 23.6 Å². The summed E-state index contributed by atoms with van der Waals surface area (Å²) < 4.78 is 10.6. The molecular formula is C12H15N3O2S. The molecular weight excluding hydrogens is 250 g/mol. The predicted molar refractivity (Wildman–Crippen MR) is 70.8 cm³/mol. The molecule has 0 aliphatic rings. The van der Waals surface area contributed by atoms with E-state index in [1.54, 1.807) is 19.7 Å². The van der Waals surface area contributed by atoms with Crippen LogP contribution in [-0.4, -0.2) is 19.2 Å². The van der Waals surface area contributed by atoms with E-state index in [2.05, 4.69) is 10.4 Å². The fraction of sp³-hybridized carbons (Fsp3) is 0.250. The Hall–Kier alpha value is -1.63. The number of hydrazine groups is 1. The van der Waals surface area contributed by atoms with Gasteiger partial charge < -0.3 is 9.47 Å². The smallest absolute Gasteiger partial charge is 0.124 e. The zero-order chi connectivity index (χ0) is 13.0. The number of thiazole rings is 1. The minimum atomic E-state index is -0.221. The Bertz CT molecular complexity index is 502. The van der Waals surface area contributed by atoms with E-state index in [9.17, 15) is 0 Å². The first kappa shape index (κ1) is 12.8. The number of rotatable bonds is 5. The van der Waals surface area contributed by atoms with Crippen LogP contribution in [0.15, 0.2) is 29.1 Å². The van der Waals surface area contributed by atoms with Crippen molar-refractivity contribution in [3.05, 3.63) is 40.3 Å². The Labute approximate surface area is 110 Å². The molecule has 0 bridgehead atoms. The van der Waals surface area contributed by atoms with Crippen molar-refractivity contribution in [2.45, 2.75) is 6.04 Å². The molecule has 0 saturated carbocycles. The Morgan fingerprint density at radius 1 is 1.33 bits per heavy atom. The highest BCUT2D eigenvalue weighted by Gasteiger charge is 2.19. The minimum absolute atomic E-state index is 0.221. The molecule has 1 aromatic heterocycles. The van der Waals surface area contributed by atoms with Gasteiger partial charge in [0.15, 0.2) is 0 Å². The molecule has 3 N–H and O–H groups in total. The average Bonchev–Trinajstić information content (AvgIpc) is 2.93. The minimum Gasteiger partial charge on any atom is -0.497 e. The summed E-state index contributed by atoms with van der Waals surface area (Å²) in [6.45, 7) is 0. The van der Waals surface area contributed by atoms with Crippen molar-refractivity contribution < 1.29 is 9.47 Å². The lowest BCUT2D eigenvalue weighted by Crippen LogP contribution is -2.29. The molecule has 0 amide bonds. The van der Waals surface area contributed by atoms with Crippen LogP contribution in [0.3, 0.4) is 0 Å². The molecule has 0 spiro atoms. The fourth-order valence-corrected chi connectivity index (χ4v) is 2.34. The molecule has 1 aromatic carbocycles. The summed E-state index contributed by atoms with van der Waals surface area (Å²) in [7, 11) is 3.25. The van der Waals surface area contributed by atoms with Crippen molar-refractivity contribution in [3.8, 4) is 11.5 Å². The number of ether oxygens (including phenoxy) is 2. The Morgan fingerprint density at radius 2 is 2.17 bits per heavy atom. The first-order valence-corrected chi connectivity index (χ1v) is 6.30. The predicted octanol–water partition coefficient (Wildman–Crippen LogP) is 1.71. The van der Waals surface area contributed by atoms with Gasteiger partial charge in [-0.1, -0.05) is 0 Å². The highest BCUT2D eigenvalue weighted by atomic mass is 32.1. The molecule has 6 heteroatoms. The maximum absolute atomic E-state index is 5.63. The number of methoxy groups -OCH3 is 2. The van der Waals surface area contributed by atoms with Crippen LogP contribution in [0, 0.1) is 0 Å². The zero-order valence-corrected chi connectivity index (χ0v) is 11.0. The van der Waals surface area contributed by atoms with E-state index < -0.39 is 0 Å². The Balaban J connectivity index is 2.46. The van der Waals surface area contributed by atoms with E-state index in [0.29, 0.717) is 0 Å². The van der Waals surface area contributed by atoms with Gasteiger partial charge in [0.05, 0.1) is 31.5 Å². The van der Waals surface area contributed by atoms with Crippen molar-refractivity contribution in [1.29, 1.82) is 0 Å². The topological polar surface area (TPSA) is 69.4 Å². The molecule has 0 aliphatic heterocycles. The summed E-state index contributed by atoms with van der Waals surface area (Å²) in [5.74, 6) is 7.12. The largest absolute Gasteiger partial charge is 0.497 e. The van der Waals surface area contributed by atoms with Gasteiger partial charge in [-0.25, -0.2) is 10.4 Å². The molecule has 1 heterocycles. The second-order valence-electron chi connectivity index (χ2n) is 3.62. The third kappa shape index (κ3) is 2.45. The monoisotopic (exact) mass is 265 g/mol. The molecule has 0 fully saturated rings. The van der Waals surface area contributed by atoms with Gasteiger partial charge in [0.25, 0.3) is 0 Å². The molecule has 0 aliphatic carbocycles. The fourth-order valence-electron chi connectivity index (χ4n) is 1.76. The van der Waals surface area contributed by atoms with Gasteiger partial charge in [-0.2, -0.15) is 0 Å². The third-order valence-electron chi connectivity index (χ3n) is 2.66. The van der Waals surface area contributed by atoms with Crippen LogP contribution in [-0.2, 0) is 0 Å². The lowest BCUT2D eigenvalue weighted by Gasteiger charge is -2.18. The van der Waals surface area contributed by atoms with Gasteiger partial charge in [-0.05, 0) is 18.2 Å².